The van der Waals surface area contributed by atoms with E-state index in [2.05, 4.69) is 31.9 Å². The van der Waals surface area contributed by atoms with E-state index < -0.39 is 0 Å². The van der Waals surface area contributed by atoms with Crippen LogP contribution in [0.15, 0.2) is 51.4 Å². The van der Waals surface area contributed by atoms with Crippen molar-refractivity contribution in [2.24, 2.45) is 0 Å². The van der Waals surface area contributed by atoms with E-state index in [-0.39, 0.29) is 5.38 Å². The van der Waals surface area contributed by atoms with E-state index in [4.69, 9.17) is 16.3 Å². The highest BCUT2D eigenvalue weighted by molar-refractivity contribution is 9.11. The quantitative estimate of drug-likeness (QED) is 0.590. The van der Waals surface area contributed by atoms with Crippen LogP contribution in [-0.4, -0.2) is 7.11 Å². The van der Waals surface area contributed by atoms with Crippen LogP contribution in [0.25, 0.3) is 0 Å². The Balaban J connectivity index is 2.23. The van der Waals surface area contributed by atoms with Gasteiger partial charge < -0.3 is 4.74 Å². The zero-order chi connectivity index (χ0) is 13.8. The fourth-order valence-electron chi connectivity index (χ4n) is 1.93. The normalized spacial score (nSPS) is 12.2. The second-order valence-electron chi connectivity index (χ2n) is 4.15. The van der Waals surface area contributed by atoms with Gasteiger partial charge in [-0.2, -0.15) is 0 Å². The van der Waals surface area contributed by atoms with E-state index in [1.807, 2.05) is 42.5 Å². The van der Waals surface area contributed by atoms with Crippen LogP contribution >= 0.6 is 43.5 Å². The molecule has 0 aromatic heterocycles. The zero-order valence-corrected chi connectivity index (χ0v) is 14.3. The molecule has 0 bridgehead atoms. The summed E-state index contributed by atoms with van der Waals surface area (Å²) >= 11 is 13.5. The predicted octanol–water partition coefficient (Wildman–Crippen LogP) is 5.74. The summed E-state index contributed by atoms with van der Waals surface area (Å²) in [5, 5.41) is -0.0984. The topological polar surface area (TPSA) is 9.23 Å². The van der Waals surface area contributed by atoms with Gasteiger partial charge >= 0.3 is 0 Å². The Bertz CT molecular complexity index is 572. The number of halogens is 3. The maximum atomic E-state index is 6.53. The minimum absolute atomic E-state index is 0.0984. The van der Waals surface area contributed by atoms with Crippen molar-refractivity contribution in [3.63, 3.8) is 0 Å². The Morgan fingerprint density at radius 1 is 1.16 bits per heavy atom. The minimum atomic E-state index is -0.0984. The van der Waals surface area contributed by atoms with Gasteiger partial charge in [-0.3, -0.25) is 0 Å². The Labute approximate surface area is 135 Å². The van der Waals surface area contributed by atoms with Crippen LogP contribution in [0.3, 0.4) is 0 Å². The van der Waals surface area contributed by atoms with Crippen molar-refractivity contribution >= 4 is 43.5 Å². The lowest BCUT2D eigenvalue weighted by Gasteiger charge is -2.14. The van der Waals surface area contributed by atoms with Gasteiger partial charge in [-0.05, 0) is 35.7 Å². The molecular weight excluding hydrogens is 391 g/mol. The van der Waals surface area contributed by atoms with E-state index in [1.165, 1.54) is 0 Å². The number of ether oxygens (including phenoxy) is 1. The van der Waals surface area contributed by atoms with Crippen LogP contribution in [0, 0.1) is 0 Å². The second kappa shape index (κ2) is 6.78. The van der Waals surface area contributed by atoms with Gasteiger partial charge in [0.1, 0.15) is 5.75 Å². The third-order valence-electron chi connectivity index (χ3n) is 2.89. The summed E-state index contributed by atoms with van der Waals surface area (Å²) in [4.78, 5) is 0. The molecule has 0 radical (unpaired) electrons. The summed E-state index contributed by atoms with van der Waals surface area (Å²) < 4.78 is 7.40. The van der Waals surface area contributed by atoms with Gasteiger partial charge in [0, 0.05) is 8.95 Å². The summed E-state index contributed by atoms with van der Waals surface area (Å²) in [6, 6.07) is 14.0. The highest BCUT2D eigenvalue weighted by Gasteiger charge is 2.14. The summed E-state index contributed by atoms with van der Waals surface area (Å²) in [6.45, 7) is 0. The maximum absolute atomic E-state index is 6.53. The molecule has 0 spiro atoms. The van der Waals surface area contributed by atoms with E-state index in [9.17, 15) is 0 Å². The van der Waals surface area contributed by atoms with Crippen molar-refractivity contribution in [1.29, 1.82) is 0 Å². The lowest BCUT2D eigenvalue weighted by Crippen LogP contribution is -1.99. The van der Waals surface area contributed by atoms with Gasteiger partial charge in [0.2, 0.25) is 0 Å². The summed E-state index contributed by atoms with van der Waals surface area (Å²) in [5.74, 6) is 0.876. The molecular formula is C15H13Br2ClO. The second-order valence-corrected chi connectivity index (χ2v) is 6.45. The molecule has 0 amide bonds. The molecule has 0 heterocycles. The number of hydrogen-bond donors (Lipinski definition) is 0. The molecule has 100 valence electrons. The number of para-hydroxylation sites is 1. The smallest absolute Gasteiger partial charge is 0.122 e. The molecule has 1 unspecified atom stereocenters. The number of alkyl halides is 1. The molecule has 2 aromatic carbocycles. The van der Waals surface area contributed by atoms with E-state index >= 15 is 0 Å². The first kappa shape index (κ1) is 14.9. The highest BCUT2D eigenvalue weighted by Crippen LogP contribution is 2.34. The van der Waals surface area contributed by atoms with Crippen LogP contribution < -0.4 is 4.74 Å². The fourth-order valence-corrected chi connectivity index (χ4v) is 3.74. The first-order valence-corrected chi connectivity index (χ1v) is 7.85. The van der Waals surface area contributed by atoms with Gasteiger partial charge in [-0.1, -0.05) is 56.1 Å². The van der Waals surface area contributed by atoms with Crippen LogP contribution in [0.2, 0.25) is 0 Å². The Hall–Kier alpha value is -0.510. The summed E-state index contributed by atoms with van der Waals surface area (Å²) in [5.41, 5.74) is 2.19. The van der Waals surface area contributed by atoms with Crippen molar-refractivity contribution in [3.05, 3.63) is 62.5 Å². The molecule has 2 aromatic rings. The first-order valence-electron chi connectivity index (χ1n) is 5.82. The predicted molar refractivity (Wildman–Crippen MR) is 87.1 cm³/mol. The van der Waals surface area contributed by atoms with Gasteiger partial charge in [0.25, 0.3) is 0 Å². The minimum Gasteiger partial charge on any atom is -0.496 e. The van der Waals surface area contributed by atoms with Crippen LogP contribution in [-0.2, 0) is 6.42 Å². The molecule has 2 rings (SSSR count). The van der Waals surface area contributed by atoms with Crippen molar-refractivity contribution < 1.29 is 4.74 Å². The SMILES string of the molecule is COc1ccccc1CC(Cl)c1ccc(Br)cc1Br. The lowest BCUT2D eigenvalue weighted by molar-refractivity contribution is 0.409. The molecule has 1 atom stereocenters. The third kappa shape index (κ3) is 3.74. The Morgan fingerprint density at radius 3 is 2.58 bits per heavy atom. The van der Waals surface area contributed by atoms with Crippen molar-refractivity contribution in [2.45, 2.75) is 11.8 Å². The molecule has 1 nitrogen and oxygen atoms in total. The zero-order valence-electron chi connectivity index (χ0n) is 10.4. The molecule has 0 saturated heterocycles. The molecule has 19 heavy (non-hydrogen) atoms. The number of benzene rings is 2. The van der Waals surface area contributed by atoms with Gasteiger partial charge in [-0.15, -0.1) is 11.6 Å². The average molecular weight is 405 g/mol. The van der Waals surface area contributed by atoms with E-state index in [0.717, 1.165) is 32.2 Å². The highest BCUT2D eigenvalue weighted by atomic mass is 79.9. The summed E-state index contributed by atoms with van der Waals surface area (Å²) in [7, 11) is 1.68. The Morgan fingerprint density at radius 2 is 1.89 bits per heavy atom. The molecule has 0 aliphatic rings. The molecule has 0 aliphatic carbocycles. The fraction of sp³-hybridized carbons (Fsp3) is 0.200. The van der Waals surface area contributed by atoms with Crippen molar-refractivity contribution in [2.75, 3.05) is 7.11 Å². The van der Waals surface area contributed by atoms with Crippen molar-refractivity contribution in [3.8, 4) is 5.75 Å². The summed E-state index contributed by atoms with van der Waals surface area (Å²) in [6.07, 6.45) is 0.728. The molecule has 0 N–H and O–H groups in total. The third-order valence-corrected chi connectivity index (χ3v) is 4.46. The van der Waals surface area contributed by atoms with Crippen molar-refractivity contribution in [1.82, 2.24) is 0 Å². The Kier molecular flexibility index (Phi) is 5.31. The monoisotopic (exact) mass is 402 g/mol. The number of rotatable bonds is 4. The molecule has 4 heteroatoms. The van der Waals surface area contributed by atoms with E-state index in [0.29, 0.717) is 0 Å². The lowest BCUT2D eigenvalue weighted by atomic mass is 10.0. The first-order chi connectivity index (χ1) is 9.11. The standard InChI is InChI=1S/C15H13Br2ClO/c1-19-15-5-3-2-4-10(15)8-14(18)12-7-6-11(16)9-13(12)17/h2-7,9,14H,8H2,1H3. The van der Waals surface area contributed by atoms with Crippen LogP contribution in [0.5, 0.6) is 5.75 Å². The number of methoxy groups -OCH3 is 1. The van der Waals surface area contributed by atoms with Gasteiger partial charge in [0.05, 0.1) is 12.5 Å². The van der Waals surface area contributed by atoms with Crippen LogP contribution in [0.4, 0.5) is 0 Å². The van der Waals surface area contributed by atoms with Gasteiger partial charge in [0.15, 0.2) is 0 Å². The molecule has 0 saturated carbocycles. The molecule has 0 fully saturated rings. The molecule has 0 aliphatic heterocycles. The van der Waals surface area contributed by atoms with Crippen LogP contribution in [0.1, 0.15) is 16.5 Å². The number of hydrogen-bond acceptors (Lipinski definition) is 1. The largest absolute Gasteiger partial charge is 0.496 e. The average Bonchev–Trinajstić information content (AvgIpc) is 2.39. The van der Waals surface area contributed by atoms with E-state index in [1.54, 1.807) is 7.11 Å². The maximum Gasteiger partial charge on any atom is 0.122 e. The van der Waals surface area contributed by atoms with Gasteiger partial charge in [-0.25, -0.2) is 0 Å².